The molecular weight excluding hydrogens is 408 g/mol. The van der Waals surface area contributed by atoms with E-state index < -0.39 is 22.8 Å². The molecule has 1 aromatic carbocycles. The molecule has 9 heteroatoms. The van der Waals surface area contributed by atoms with Crippen LogP contribution in [0.3, 0.4) is 0 Å². The standard InChI is InChI=1S/C21H24N2O6S/c1-5-10-29-20(24)17-13(3)22-16(12-30-4)19(21(25)28-6-2)18(17)14-8-7-9-15(11-14)23(26)27/h5,7-9,11,18,22H,1,6,10,12H2,2-4H3. The Kier molecular flexibility index (Phi) is 8.23. The van der Waals surface area contributed by atoms with Gasteiger partial charge in [0.2, 0.25) is 0 Å². The average Bonchev–Trinajstić information content (AvgIpc) is 2.71. The second kappa shape index (κ2) is 10.6. The molecule has 0 aliphatic carbocycles. The number of carbonyl (C=O) groups excluding carboxylic acids is 2. The molecule has 0 radical (unpaired) electrons. The number of esters is 2. The lowest BCUT2D eigenvalue weighted by molar-refractivity contribution is -0.384. The molecule has 0 spiro atoms. The van der Waals surface area contributed by atoms with E-state index in [2.05, 4.69) is 11.9 Å². The summed E-state index contributed by atoms with van der Waals surface area (Å²) in [5.74, 6) is -1.63. The predicted octanol–water partition coefficient (Wildman–Crippen LogP) is 3.47. The fraction of sp³-hybridized carbons (Fsp3) is 0.333. The molecule has 0 amide bonds. The van der Waals surface area contributed by atoms with Gasteiger partial charge in [-0.25, -0.2) is 9.59 Å². The second-order valence-corrected chi connectivity index (χ2v) is 7.25. The zero-order valence-electron chi connectivity index (χ0n) is 17.1. The van der Waals surface area contributed by atoms with Gasteiger partial charge in [-0.15, -0.1) is 0 Å². The maximum atomic E-state index is 12.9. The van der Waals surface area contributed by atoms with E-state index in [4.69, 9.17) is 9.47 Å². The van der Waals surface area contributed by atoms with Crippen molar-refractivity contribution >= 4 is 29.4 Å². The first kappa shape index (κ1) is 23.2. The van der Waals surface area contributed by atoms with Crippen molar-refractivity contribution in [2.45, 2.75) is 19.8 Å². The van der Waals surface area contributed by atoms with Gasteiger partial charge in [0.15, 0.2) is 0 Å². The first-order chi connectivity index (χ1) is 14.3. The Morgan fingerprint density at radius 2 is 2.00 bits per heavy atom. The Bertz CT molecular complexity index is 922. The largest absolute Gasteiger partial charge is 0.463 e. The number of allylic oxidation sites excluding steroid dienone is 1. The van der Waals surface area contributed by atoms with Crippen LogP contribution in [0.4, 0.5) is 5.69 Å². The van der Waals surface area contributed by atoms with Crippen LogP contribution in [0.5, 0.6) is 0 Å². The minimum atomic E-state index is -0.871. The van der Waals surface area contributed by atoms with E-state index in [0.29, 0.717) is 22.7 Å². The summed E-state index contributed by atoms with van der Waals surface area (Å²) >= 11 is 1.49. The Morgan fingerprint density at radius 1 is 1.30 bits per heavy atom. The highest BCUT2D eigenvalue weighted by atomic mass is 32.2. The Labute approximate surface area is 179 Å². The van der Waals surface area contributed by atoms with Crippen LogP contribution >= 0.6 is 11.8 Å². The first-order valence-corrected chi connectivity index (χ1v) is 10.6. The fourth-order valence-electron chi connectivity index (χ4n) is 3.24. The van der Waals surface area contributed by atoms with Gasteiger partial charge in [-0.05, 0) is 25.7 Å². The summed E-state index contributed by atoms with van der Waals surface area (Å²) in [7, 11) is 0. The summed E-state index contributed by atoms with van der Waals surface area (Å²) in [5.41, 5.74) is 1.83. The van der Waals surface area contributed by atoms with Crippen LogP contribution in [-0.4, -0.2) is 42.1 Å². The molecule has 0 aromatic heterocycles. The zero-order chi connectivity index (χ0) is 22.3. The normalized spacial score (nSPS) is 16.0. The van der Waals surface area contributed by atoms with Crippen molar-refractivity contribution < 1.29 is 24.0 Å². The first-order valence-electron chi connectivity index (χ1n) is 9.24. The highest BCUT2D eigenvalue weighted by Crippen LogP contribution is 2.40. The smallest absolute Gasteiger partial charge is 0.337 e. The molecule has 1 aliphatic rings. The number of nitrogens with one attached hydrogen (secondary N) is 1. The van der Waals surface area contributed by atoms with Crippen LogP contribution in [0.25, 0.3) is 0 Å². The van der Waals surface area contributed by atoms with Gasteiger partial charge < -0.3 is 14.8 Å². The molecule has 2 rings (SSSR count). The van der Waals surface area contributed by atoms with Crippen molar-refractivity contribution in [2.24, 2.45) is 0 Å². The molecule has 0 saturated carbocycles. The molecule has 30 heavy (non-hydrogen) atoms. The maximum absolute atomic E-state index is 12.9. The highest BCUT2D eigenvalue weighted by Gasteiger charge is 2.39. The number of nitro groups is 1. The fourth-order valence-corrected chi connectivity index (χ4v) is 3.76. The van der Waals surface area contributed by atoms with E-state index in [1.807, 2.05) is 6.26 Å². The Morgan fingerprint density at radius 3 is 2.60 bits per heavy atom. The molecule has 1 N–H and O–H groups in total. The number of nitrogens with zero attached hydrogens (tertiary/aromatic N) is 1. The van der Waals surface area contributed by atoms with E-state index in [9.17, 15) is 19.7 Å². The third-order valence-electron chi connectivity index (χ3n) is 4.40. The number of benzene rings is 1. The number of ether oxygens (including phenoxy) is 2. The predicted molar refractivity (Wildman–Crippen MR) is 115 cm³/mol. The molecular formula is C21H24N2O6S. The quantitative estimate of drug-likeness (QED) is 0.274. The van der Waals surface area contributed by atoms with E-state index >= 15 is 0 Å². The number of thioether (sulfide) groups is 1. The van der Waals surface area contributed by atoms with Gasteiger partial charge in [0.25, 0.3) is 5.69 Å². The lowest BCUT2D eigenvalue weighted by Crippen LogP contribution is -2.34. The summed E-state index contributed by atoms with van der Waals surface area (Å²) in [6.07, 6.45) is 3.32. The Hall–Kier alpha value is -3.07. The van der Waals surface area contributed by atoms with Gasteiger partial charge in [-0.2, -0.15) is 11.8 Å². The minimum Gasteiger partial charge on any atom is -0.463 e. The van der Waals surface area contributed by atoms with Crippen molar-refractivity contribution in [3.05, 3.63) is 75.1 Å². The number of dihydropyridines is 1. The summed E-state index contributed by atoms with van der Waals surface area (Å²) in [4.78, 5) is 36.6. The third-order valence-corrected chi connectivity index (χ3v) is 4.97. The van der Waals surface area contributed by atoms with E-state index in [1.54, 1.807) is 19.9 Å². The molecule has 1 aromatic rings. The van der Waals surface area contributed by atoms with Gasteiger partial charge in [0.05, 0.1) is 28.6 Å². The third kappa shape index (κ3) is 5.10. The molecule has 0 saturated heterocycles. The van der Waals surface area contributed by atoms with Crippen molar-refractivity contribution in [1.82, 2.24) is 5.32 Å². The van der Waals surface area contributed by atoms with Crippen molar-refractivity contribution in [2.75, 3.05) is 25.2 Å². The summed E-state index contributed by atoms with van der Waals surface area (Å²) < 4.78 is 10.5. The van der Waals surface area contributed by atoms with Crippen LogP contribution < -0.4 is 5.32 Å². The molecule has 8 nitrogen and oxygen atoms in total. The summed E-state index contributed by atoms with van der Waals surface area (Å²) in [6, 6.07) is 5.88. The van der Waals surface area contributed by atoms with Crippen LogP contribution in [0.2, 0.25) is 0 Å². The number of hydrogen-bond donors (Lipinski definition) is 1. The lowest BCUT2D eigenvalue weighted by Gasteiger charge is -2.31. The highest BCUT2D eigenvalue weighted by molar-refractivity contribution is 7.98. The SMILES string of the molecule is C=CCOC(=O)C1=C(C)NC(CSC)=C(C(=O)OCC)C1c1cccc([N+](=O)[O-])c1. The monoisotopic (exact) mass is 432 g/mol. The number of carbonyl (C=O) groups is 2. The maximum Gasteiger partial charge on any atom is 0.337 e. The zero-order valence-corrected chi connectivity index (χ0v) is 17.9. The van der Waals surface area contributed by atoms with Crippen molar-refractivity contribution in [3.8, 4) is 0 Å². The average molecular weight is 432 g/mol. The van der Waals surface area contributed by atoms with E-state index in [1.165, 1.54) is 36.0 Å². The van der Waals surface area contributed by atoms with Crippen LogP contribution in [0.1, 0.15) is 25.3 Å². The molecule has 0 fully saturated rings. The van der Waals surface area contributed by atoms with Crippen molar-refractivity contribution in [1.29, 1.82) is 0 Å². The second-order valence-electron chi connectivity index (χ2n) is 6.38. The molecule has 1 heterocycles. The molecule has 1 aliphatic heterocycles. The van der Waals surface area contributed by atoms with Crippen LogP contribution in [-0.2, 0) is 19.1 Å². The van der Waals surface area contributed by atoms with E-state index in [0.717, 1.165) is 0 Å². The van der Waals surface area contributed by atoms with Crippen molar-refractivity contribution in [3.63, 3.8) is 0 Å². The Balaban J connectivity index is 2.73. The molecule has 160 valence electrons. The van der Waals surface area contributed by atoms with Gasteiger partial charge >= 0.3 is 11.9 Å². The number of nitro benzene ring substituents is 1. The van der Waals surface area contributed by atoms with Gasteiger partial charge in [0.1, 0.15) is 6.61 Å². The number of hydrogen-bond acceptors (Lipinski definition) is 8. The van der Waals surface area contributed by atoms with Crippen LogP contribution in [0.15, 0.2) is 59.5 Å². The molecule has 1 unspecified atom stereocenters. The lowest BCUT2D eigenvalue weighted by atomic mass is 9.80. The molecule has 1 atom stereocenters. The van der Waals surface area contributed by atoms with Gasteiger partial charge in [0, 0.05) is 29.3 Å². The van der Waals surface area contributed by atoms with Crippen LogP contribution in [0, 0.1) is 10.1 Å². The minimum absolute atomic E-state index is 0.00655. The topological polar surface area (TPSA) is 108 Å². The number of rotatable bonds is 9. The van der Waals surface area contributed by atoms with Gasteiger partial charge in [-0.3, -0.25) is 10.1 Å². The van der Waals surface area contributed by atoms with E-state index in [-0.39, 0.29) is 30.0 Å². The number of non-ortho nitro benzene ring substituents is 1. The summed E-state index contributed by atoms with van der Waals surface area (Å²) in [6.45, 7) is 7.07. The molecule has 0 bridgehead atoms. The van der Waals surface area contributed by atoms with Gasteiger partial charge in [-0.1, -0.05) is 24.8 Å². The summed E-state index contributed by atoms with van der Waals surface area (Å²) in [5, 5.41) is 14.4.